The lowest BCUT2D eigenvalue weighted by molar-refractivity contribution is 0.0676. The lowest BCUT2D eigenvalue weighted by Gasteiger charge is -2.12. The van der Waals surface area contributed by atoms with Crippen LogP contribution in [-0.4, -0.2) is 122 Å². The van der Waals surface area contributed by atoms with Crippen LogP contribution in [0.3, 0.4) is 0 Å². The van der Waals surface area contributed by atoms with E-state index in [9.17, 15) is 95.5 Å². The van der Waals surface area contributed by atoms with E-state index in [-0.39, 0.29) is 229 Å². The van der Waals surface area contributed by atoms with Crippen LogP contribution in [0.25, 0.3) is 132 Å². The monoisotopic (exact) mass is 1870 g/mol. The molecule has 22 rings (SSSR count). The second kappa shape index (κ2) is 35.0. The van der Waals surface area contributed by atoms with Gasteiger partial charge in [-0.05, 0) is 138 Å². The van der Waals surface area contributed by atoms with Crippen LogP contribution < -0.4 is 54.3 Å². The van der Waals surface area contributed by atoms with Gasteiger partial charge in [-0.2, -0.15) is 4.39 Å². The van der Waals surface area contributed by atoms with Crippen LogP contribution in [0.1, 0.15) is 96.1 Å². The summed E-state index contributed by atoms with van der Waals surface area (Å²) in [6, 6.07) is 41.7. The summed E-state index contributed by atoms with van der Waals surface area (Å²) < 4.78 is 117. The zero-order valence-corrected chi connectivity index (χ0v) is 70.8. The molecular formula is C99H65F6N13O20. The molecule has 0 unspecified atom stereocenters. The Morgan fingerprint density at radius 2 is 0.775 bits per heavy atom. The number of benzene rings is 7. The predicted octanol–water partition coefficient (Wildman–Crippen LogP) is 14.4. The first-order valence-corrected chi connectivity index (χ1v) is 41.8. The molecular weight excluding hydrogens is 1810 g/mol. The number of para-hydroxylation sites is 2. The van der Waals surface area contributed by atoms with Gasteiger partial charge in [0, 0.05) is 128 Å². The molecule has 14 N–H and O–H groups in total. The molecule has 2 aliphatic rings. The van der Waals surface area contributed by atoms with E-state index in [1.807, 2.05) is 12.1 Å². The van der Waals surface area contributed by atoms with E-state index in [1.165, 1.54) is 130 Å². The average molecular weight is 1870 g/mol. The maximum absolute atomic E-state index is 15.1. The zero-order chi connectivity index (χ0) is 96.8. The number of hydrogen-bond donors (Lipinski definition) is 12. The molecule has 138 heavy (non-hydrogen) atoms. The van der Waals surface area contributed by atoms with Gasteiger partial charge in [0.1, 0.15) is 74.5 Å². The fourth-order valence-corrected chi connectivity index (χ4v) is 18.1. The number of ether oxygens (including phenoxy) is 2. The molecule has 20 aromatic rings. The number of carboxylic acids is 4. The van der Waals surface area contributed by atoms with Crippen LogP contribution in [0.15, 0.2) is 251 Å². The summed E-state index contributed by atoms with van der Waals surface area (Å²) in [6.07, 6.45) is 9.80. The van der Waals surface area contributed by atoms with Crippen molar-refractivity contribution in [3.63, 3.8) is 0 Å². The number of fused-ring (bicyclic) bond motifs is 14. The normalized spacial score (nSPS) is 12.0. The van der Waals surface area contributed by atoms with Crippen molar-refractivity contribution >= 4 is 123 Å². The van der Waals surface area contributed by atoms with Crippen molar-refractivity contribution in [2.24, 2.45) is 11.5 Å². The van der Waals surface area contributed by atoms with Gasteiger partial charge >= 0.3 is 23.9 Å². The summed E-state index contributed by atoms with van der Waals surface area (Å²) in [5, 5.41) is 43.7. The Kier molecular flexibility index (Phi) is 22.4. The van der Waals surface area contributed by atoms with Gasteiger partial charge in [-0.15, -0.1) is 0 Å². The van der Waals surface area contributed by atoms with Crippen molar-refractivity contribution in [3.8, 4) is 56.0 Å². The van der Waals surface area contributed by atoms with Crippen LogP contribution in [0, 0.1) is 35.0 Å². The number of carboxylic acid groups (broad SMARTS) is 4. The number of carbonyl (C=O) groups is 6. The molecule has 0 fully saturated rings. The number of nitrogens with zero attached hydrogens (tertiary/aromatic N) is 5. The SMILES string of the molecule is NC(=O)c1ccc(F)c(Cn2c(C(=O)O)c(-c3ccc[nH]c3=O)c3c4c(c(F)cc32)CCO4)c1.NC(=O)c1cnc(F)c(Cn2c(C(=O)O)c(-c3ccc[nH]c3=O)c3c4c(c(F)cc32)CCO4)c1.O=C(O)c1c(-c2ccc[nH]c2=O)c2c3occc3c(F)cc2n1Cc1cc(=O)[nH]c2ccccc12.O=C(O)c1c(-c2ccc[nH]c2=O)c2c3occc3c(F)cc2n1Cc1cc2ccccc2[nH]c1=O. The Bertz CT molecular complexity index is 8820. The van der Waals surface area contributed by atoms with Gasteiger partial charge in [0.15, 0.2) is 0 Å². The first-order chi connectivity index (χ1) is 66.4. The lowest BCUT2D eigenvalue weighted by atomic mass is 10.00. The molecule has 0 bridgehead atoms. The predicted molar refractivity (Wildman–Crippen MR) is 491 cm³/mol. The number of nitrogens with two attached hydrogens (primary N) is 2. The Balaban J connectivity index is 0.000000118. The van der Waals surface area contributed by atoms with Crippen LogP contribution in [0.4, 0.5) is 26.3 Å². The zero-order valence-electron chi connectivity index (χ0n) is 70.8. The fourth-order valence-electron chi connectivity index (χ4n) is 18.1. The van der Waals surface area contributed by atoms with Crippen LogP contribution in [0.5, 0.6) is 11.5 Å². The summed E-state index contributed by atoms with van der Waals surface area (Å²) in [6.45, 7) is -0.648. The second-order valence-corrected chi connectivity index (χ2v) is 31.9. The van der Waals surface area contributed by atoms with Crippen molar-refractivity contribution in [2.75, 3.05) is 13.2 Å². The molecule has 2 amide bonds. The molecule has 0 saturated heterocycles. The molecule has 33 nitrogen and oxygen atoms in total. The summed E-state index contributed by atoms with van der Waals surface area (Å²) >= 11 is 0. The van der Waals surface area contributed by atoms with Crippen LogP contribution in [0.2, 0.25) is 0 Å². The Morgan fingerprint density at radius 1 is 0.377 bits per heavy atom. The van der Waals surface area contributed by atoms with Gasteiger partial charge in [-0.25, -0.2) is 46.1 Å². The van der Waals surface area contributed by atoms with Gasteiger partial charge in [0.05, 0.1) is 128 Å². The minimum Gasteiger partial charge on any atom is -0.492 e. The largest absolute Gasteiger partial charge is 0.492 e. The van der Waals surface area contributed by atoms with Crippen molar-refractivity contribution < 1.29 is 93.8 Å². The first kappa shape index (κ1) is 88.4. The number of amides is 2. The summed E-state index contributed by atoms with van der Waals surface area (Å²) in [5.41, 5.74) is 10.2. The van der Waals surface area contributed by atoms with E-state index in [4.69, 9.17) is 29.8 Å². The average Bonchev–Trinajstić information content (AvgIpc) is 1.58. The number of pyridine rings is 7. The maximum Gasteiger partial charge on any atom is 0.353 e. The highest BCUT2D eigenvalue weighted by Crippen LogP contribution is 2.49. The standard InChI is InChI=1S/2C26H16FN3O5.C24H17F2N3O5.C23H16F2N4O5/c27-17-11-19-22(24-15(17)7-9-35-24)21(16-5-3-8-28-25(16)32)23(26(33)34)30(19)12-13-10-20(31)29-18-6-2-1-4-14(13)18;27-17-11-19-21(23-15(17)7-9-35-23)20(16-5-3-8-28-25(16)32)22(26(33)34)30(19)12-14-10-13-4-1-2-6-18(13)29-24(14)31;25-15-4-3-11(22(27)30)8-12(15)10-29-17-9-16(26)13-5-7-34-21(13)19(17)18(20(29)24(32)33)14-2-1-6-28-23(14)31;24-14-7-15-17(19-12(14)3-5-34-19)16(13-2-1-4-27-22(13)31)18(23(32)33)29(15)9-11-6-10(21(26)30)8-28-20(11)25/h2*1-11H,12H2,(H,28,32)(H,29,31)(H,33,34);1-4,6,8-9H,5,7,10H2,(H2,27,30)(H,28,31)(H,32,33);1-2,4,6-8H,3,5,9H2,(H2,26,30)(H,27,31)(H,32,33). The van der Waals surface area contributed by atoms with Crippen molar-refractivity contribution in [1.29, 1.82) is 0 Å². The second-order valence-electron chi connectivity index (χ2n) is 31.9. The van der Waals surface area contributed by atoms with Crippen LogP contribution in [-0.2, 0) is 39.0 Å². The van der Waals surface area contributed by atoms with E-state index < -0.39 is 105 Å². The summed E-state index contributed by atoms with van der Waals surface area (Å²) in [5.74, 6) is -10.9. The molecule has 7 aromatic carbocycles. The first-order valence-electron chi connectivity index (χ1n) is 41.8. The molecule has 0 saturated carbocycles. The van der Waals surface area contributed by atoms with Crippen molar-refractivity contribution in [3.05, 3.63) is 378 Å². The van der Waals surface area contributed by atoms with Gasteiger partial charge < -0.3 is 98.4 Å². The molecule has 13 aromatic heterocycles. The van der Waals surface area contributed by atoms with E-state index in [0.29, 0.717) is 27.4 Å². The van der Waals surface area contributed by atoms with Gasteiger partial charge in [-0.3, -0.25) is 38.4 Å². The highest BCUT2D eigenvalue weighted by atomic mass is 19.1. The van der Waals surface area contributed by atoms with Gasteiger partial charge in [0.25, 0.3) is 27.8 Å². The molecule has 0 atom stereocenters. The molecule has 688 valence electrons. The molecule has 0 radical (unpaired) electrons. The smallest absolute Gasteiger partial charge is 0.353 e. The summed E-state index contributed by atoms with van der Waals surface area (Å²) in [4.78, 5) is 169. The lowest BCUT2D eigenvalue weighted by Crippen LogP contribution is -2.18. The third kappa shape index (κ3) is 15.3. The maximum atomic E-state index is 15.1. The van der Waals surface area contributed by atoms with E-state index in [0.717, 1.165) is 40.4 Å². The van der Waals surface area contributed by atoms with E-state index in [2.05, 4.69) is 34.9 Å². The molecule has 39 heteroatoms. The minimum atomic E-state index is -1.43. The van der Waals surface area contributed by atoms with Crippen LogP contribution >= 0.6 is 0 Å². The van der Waals surface area contributed by atoms with Crippen molar-refractivity contribution in [1.82, 2.24) is 53.2 Å². The number of aromatic nitrogens is 11. The summed E-state index contributed by atoms with van der Waals surface area (Å²) in [7, 11) is 0. The number of hydrogen-bond acceptors (Lipinski definition) is 17. The number of primary amides is 2. The third-order valence-electron chi connectivity index (χ3n) is 24.0. The molecule has 0 spiro atoms. The Hall–Kier alpha value is -18.9. The molecule has 2 aliphatic heterocycles. The number of H-pyrrole nitrogens is 6. The number of halogens is 6. The highest BCUT2D eigenvalue weighted by molar-refractivity contribution is 6.19. The van der Waals surface area contributed by atoms with Gasteiger partial charge in [0.2, 0.25) is 23.3 Å². The number of furan rings is 2. The number of carbonyl (C=O) groups excluding carboxylic acids is 2. The van der Waals surface area contributed by atoms with Crippen molar-refractivity contribution in [2.45, 2.75) is 39.0 Å². The highest BCUT2D eigenvalue weighted by Gasteiger charge is 2.37. The van der Waals surface area contributed by atoms with E-state index in [1.54, 1.807) is 54.6 Å². The Morgan fingerprint density at radius 3 is 1.22 bits per heavy atom. The quantitative estimate of drug-likeness (QED) is 0.0280. The number of rotatable bonds is 18. The number of nitrogens with one attached hydrogen (secondary N) is 6. The fraction of sp³-hybridized carbons (Fsp3) is 0.0808. The molecule has 15 heterocycles. The van der Waals surface area contributed by atoms with Gasteiger partial charge in [-0.1, -0.05) is 36.4 Å². The number of aromatic amines is 6. The van der Waals surface area contributed by atoms with E-state index >= 15 is 8.78 Å². The topological polar surface area (TPSA) is 510 Å². The minimum absolute atomic E-state index is 0.0157. The molecule has 0 aliphatic carbocycles. The number of aromatic carboxylic acids is 4. The third-order valence-corrected chi connectivity index (χ3v) is 24.0. The Labute approximate surface area is 763 Å².